The van der Waals surface area contributed by atoms with Gasteiger partial charge in [-0.2, -0.15) is 0 Å². The average molecular weight is 284 g/mol. The zero-order chi connectivity index (χ0) is 13.8. The number of nitrogens with zero attached hydrogens (tertiary/aromatic N) is 2. The number of aromatic nitrogens is 1. The first-order valence-electron chi connectivity index (χ1n) is 6.49. The van der Waals surface area contributed by atoms with Crippen molar-refractivity contribution < 1.29 is 9.53 Å². The van der Waals surface area contributed by atoms with E-state index in [0.29, 0.717) is 17.2 Å². The SMILES string of the molecule is CCN(C)c1nc(N)c(C(=O)NCC2CCCO2)s1. The second-order valence-corrected chi connectivity index (χ2v) is 5.55. The first-order valence-corrected chi connectivity index (χ1v) is 7.30. The molecule has 0 radical (unpaired) electrons. The van der Waals surface area contributed by atoms with Crippen LogP contribution >= 0.6 is 11.3 Å². The van der Waals surface area contributed by atoms with Crippen molar-refractivity contribution in [3.05, 3.63) is 4.88 Å². The van der Waals surface area contributed by atoms with Gasteiger partial charge in [0.2, 0.25) is 0 Å². The number of nitrogen functional groups attached to an aromatic ring is 1. The Morgan fingerprint density at radius 1 is 1.68 bits per heavy atom. The number of rotatable bonds is 5. The molecule has 3 N–H and O–H groups in total. The quantitative estimate of drug-likeness (QED) is 0.846. The Labute approximate surface area is 116 Å². The van der Waals surface area contributed by atoms with Crippen molar-refractivity contribution in [2.45, 2.75) is 25.9 Å². The van der Waals surface area contributed by atoms with Crippen LogP contribution in [0.3, 0.4) is 0 Å². The van der Waals surface area contributed by atoms with E-state index in [2.05, 4.69) is 10.3 Å². The van der Waals surface area contributed by atoms with Crippen LogP contribution in [-0.2, 0) is 4.74 Å². The lowest BCUT2D eigenvalue weighted by molar-refractivity contribution is 0.0861. The smallest absolute Gasteiger partial charge is 0.265 e. The predicted octanol–water partition coefficient (Wildman–Crippen LogP) is 1.09. The number of thiazole rings is 1. The summed E-state index contributed by atoms with van der Waals surface area (Å²) in [4.78, 5) is 18.7. The topological polar surface area (TPSA) is 80.5 Å². The minimum absolute atomic E-state index is 0.135. The number of hydrogen-bond donors (Lipinski definition) is 2. The van der Waals surface area contributed by atoms with E-state index in [-0.39, 0.29) is 12.0 Å². The van der Waals surface area contributed by atoms with Gasteiger partial charge in [-0.25, -0.2) is 4.98 Å². The maximum atomic E-state index is 12.1. The minimum atomic E-state index is -0.166. The summed E-state index contributed by atoms with van der Waals surface area (Å²) in [5.41, 5.74) is 5.80. The first-order chi connectivity index (χ1) is 9.11. The summed E-state index contributed by atoms with van der Waals surface area (Å²) in [5, 5.41) is 3.63. The zero-order valence-corrected chi connectivity index (χ0v) is 12.1. The Bertz CT molecular complexity index is 443. The van der Waals surface area contributed by atoms with E-state index >= 15 is 0 Å². The van der Waals surface area contributed by atoms with Gasteiger partial charge >= 0.3 is 0 Å². The summed E-state index contributed by atoms with van der Waals surface area (Å²) >= 11 is 1.32. The normalized spacial score (nSPS) is 18.5. The molecule has 0 bridgehead atoms. The molecule has 0 aromatic carbocycles. The summed E-state index contributed by atoms with van der Waals surface area (Å²) in [6.45, 7) is 4.17. The molecule has 6 nitrogen and oxygen atoms in total. The summed E-state index contributed by atoms with van der Waals surface area (Å²) in [5.74, 6) is 0.131. The van der Waals surface area contributed by atoms with E-state index in [1.807, 2.05) is 18.9 Å². The average Bonchev–Trinajstić information content (AvgIpc) is 3.04. The molecule has 1 aliphatic rings. The molecule has 106 valence electrons. The fourth-order valence-corrected chi connectivity index (χ4v) is 2.80. The number of amides is 1. The number of anilines is 2. The second kappa shape index (κ2) is 6.21. The molecule has 7 heteroatoms. The van der Waals surface area contributed by atoms with E-state index in [1.165, 1.54) is 11.3 Å². The molecular weight excluding hydrogens is 264 g/mol. The molecule has 1 unspecified atom stereocenters. The molecule has 0 spiro atoms. The molecule has 19 heavy (non-hydrogen) atoms. The highest BCUT2D eigenvalue weighted by molar-refractivity contribution is 7.18. The van der Waals surface area contributed by atoms with Crippen molar-refractivity contribution in [3.63, 3.8) is 0 Å². The molecule has 2 heterocycles. The molecule has 1 aromatic heterocycles. The molecular formula is C12H20N4O2S. The maximum Gasteiger partial charge on any atom is 0.265 e. The highest BCUT2D eigenvalue weighted by Gasteiger charge is 2.20. The van der Waals surface area contributed by atoms with Gasteiger partial charge < -0.3 is 20.7 Å². The predicted molar refractivity (Wildman–Crippen MR) is 76.8 cm³/mol. The Balaban J connectivity index is 1.96. The van der Waals surface area contributed by atoms with Crippen LogP contribution < -0.4 is 16.0 Å². The van der Waals surface area contributed by atoms with E-state index in [4.69, 9.17) is 10.5 Å². The summed E-state index contributed by atoms with van der Waals surface area (Å²) in [6.07, 6.45) is 2.20. The van der Waals surface area contributed by atoms with Crippen molar-refractivity contribution in [2.24, 2.45) is 0 Å². The third-order valence-electron chi connectivity index (χ3n) is 3.16. The van der Waals surface area contributed by atoms with Crippen LogP contribution in [0.15, 0.2) is 0 Å². The molecule has 0 saturated carbocycles. The van der Waals surface area contributed by atoms with Gasteiger partial charge in [0, 0.05) is 26.7 Å². The van der Waals surface area contributed by atoms with Crippen molar-refractivity contribution in [1.82, 2.24) is 10.3 Å². The minimum Gasteiger partial charge on any atom is -0.382 e. The monoisotopic (exact) mass is 284 g/mol. The van der Waals surface area contributed by atoms with E-state index < -0.39 is 0 Å². The van der Waals surface area contributed by atoms with Crippen LogP contribution in [-0.4, -0.2) is 43.7 Å². The van der Waals surface area contributed by atoms with Crippen molar-refractivity contribution in [1.29, 1.82) is 0 Å². The van der Waals surface area contributed by atoms with Crippen LogP contribution in [0.4, 0.5) is 10.9 Å². The van der Waals surface area contributed by atoms with Crippen LogP contribution in [0.2, 0.25) is 0 Å². The number of nitrogens with one attached hydrogen (secondary N) is 1. The molecule has 1 atom stereocenters. The number of hydrogen-bond acceptors (Lipinski definition) is 6. The lowest BCUT2D eigenvalue weighted by Crippen LogP contribution is -2.31. The van der Waals surface area contributed by atoms with E-state index in [1.54, 1.807) is 0 Å². The van der Waals surface area contributed by atoms with Gasteiger partial charge in [-0.1, -0.05) is 11.3 Å². The summed E-state index contributed by atoms with van der Waals surface area (Å²) < 4.78 is 5.46. The fraction of sp³-hybridized carbons (Fsp3) is 0.667. The third kappa shape index (κ3) is 3.36. The zero-order valence-electron chi connectivity index (χ0n) is 11.3. The summed E-state index contributed by atoms with van der Waals surface area (Å²) in [7, 11) is 1.92. The highest BCUT2D eigenvalue weighted by Crippen LogP contribution is 2.27. The van der Waals surface area contributed by atoms with Crippen LogP contribution in [0, 0.1) is 0 Å². The maximum absolute atomic E-state index is 12.1. The molecule has 2 rings (SSSR count). The summed E-state index contributed by atoms with van der Waals surface area (Å²) in [6, 6.07) is 0. The van der Waals surface area contributed by atoms with Crippen molar-refractivity contribution >= 4 is 28.2 Å². The van der Waals surface area contributed by atoms with Gasteiger partial charge in [0.05, 0.1) is 6.10 Å². The molecule has 1 fully saturated rings. The molecule has 1 aromatic rings. The van der Waals surface area contributed by atoms with Gasteiger partial charge in [0.15, 0.2) is 5.13 Å². The number of carbonyl (C=O) groups is 1. The van der Waals surface area contributed by atoms with Crippen LogP contribution in [0.25, 0.3) is 0 Å². The standard InChI is InChI=1S/C12H20N4O2S/c1-3-16(2)12-15-10(13)9(19-12)11(17)14-7-8-5-4-6-18-8/h8H,3-7,13H2,1-2H3,(H,14,17). The van der Waals surface area contributed by atoms with Crippen molar-refractivity contribution in [3.8, 4) is 0 Å². The molecule has 1 saturated heterocycles. The van der Waals surface area contributed by atoms with Gasteiger partial charge in [0.25, 0.3) is 5.91 Å². The van der Waals surface area contributed by atoms with Gasteiger partial charge in [-0.05, 0) is 19.8 Å². The Kier molecular flexibility index (Phi) is 4.60. The Morgan fingerprint density at radius 3 is 3.11 bits per heavy atom. The Hall–Kier alpha value is -1.34. The second-order valence-electron chi connectivity index (χ2n) is 4.57. The van der Waals surface area contributed by atoms with Gasteiger partial charge in [-0.15, -0.1) is 0 Å². The Morgan fingerprint density at radius 2 is 2.47 bits per heavy atom. The molecule has 1 amide bonds. The third-order valence-corrected chi connectivity index (χ3v) is 4.35. The van der Waals surface area contributed by atoms with Gasteiger partial charge in [0.1, 0.15) is 10.7 Å². The van der Waals surface area contributed by atoms with E-state index in [9.17, 15) is 4.79 Å². The van der Waals surface area contributed by atoms with Crippen LogP contribution in [0.1, 0.15) is 29.4 Å². The molecule has 0 aliphatic carbocycles. The van der Waals surface area contributed by atoms with Gasteiger partial charge in [-0.3, -0.25) is 4.79 Å². The van der Waals surface area contributed by atoms with E-state index in [0.717, 1.165) is 31.1 Å². The number of carbonyl (C=O) groups excluding carboxylic acids is 1. The first kappa shape index (κ1) is 14.1. The number of nitrogens with two attached hydrogens (primary N) is 1. The lowest BCUT2D eigenvalue weighted by atomic mass is 10.2. The largest absolute Gasteiger partial charge is 0.382 e. The lowest BCUT2D eigenvalue weighted by Gasteiger charge is -2.11. The van der Waals surface area contributed by atoms with Crippen molar-refractivity contribution in [2.75, 3.05) is 37.4 Å². The molecule has 1 aliphatic heterocycles. The fourth-order valence-electron chi connectivity index (χ4n) is 1.87. The highest BCUT2D eigenvalue weighted by atomic mass is 32.1. The van der Waals surface area contributed by atoms with Crippen LogP contribution in [0.5, 0.6) is 0 Å². The number of ether oxygens (including phenoxy) is 1.